The lowest BCUT2D eigenvalue weighted by Crippen LogP contribution is -2.30. The second kappa shape index (κ2) is 80.3. The van der Waals surface area contributed by atoms with E-state index in [0.717, 1.165) is 167 Å². The van der Waals surface area contributed by atoms with Gasteiger partial charge in [0, 0.05) is 25.7 Å². The molecule has 0 saturated heterocycles. The molecule has 0 rings (SSSR count). The minimum absolute atomic E-state index is 0.0526. The van der Waals surface area contributed by atoms with Crippen LogP contribution in [0.3, 0.4) is 0 Å². The third-order valence-electron chi connectivity index (χ3n) is 17.6. The summed E-state index contributed by atoms with van der Waals surface area (Å²) in [7, 11) is -9.99. The summed E-state index contributed by atoms with van der Waals surface area (Å²) >= 11 is 0. The van der Waals surface area contributed by atoms with E-state index in [9.17, 15) is 43.2 Å². The highest BCUT2D eigenvalue weighted by molar-refractivity contribution is 7.47. The molecule has 5 atom stereocenters. The summed E-state index contributed by atoms with van der Waals surface area (Å²) < 4.78 is 68.8. The first kappa shape index (κ1) is 103. The Labute approximate surface area is 656 Å². The van der Waals surface area contributed by atoms with Crippen LogP contribution in [-0.4, -0.2) is 96.7 Å². The van der Waals surface area contributed by atoms with Crippen LogP contribution in [0, 0.1) is 0 Å². The van der Waals surface area contributed by atoms with E-state index in [0.29, 0.717) is 25.7 Å². The number of aliphatic hydroxyl groups excluding tert-OH is 1. The van der Waals surface area contributed by atoms with Crippen LogP contribution in [0.15, 0.2) is 134 Å². The van der Waals surface area contributed by atoms with Crippen LogP contribution in [0.2, 0.25) is 0 Å². The van der Waals surface area contributed by atoms with Crippen molar-refractivity contribution in [3.63, 3.8) is 0 Å². The number of aliphatic hydroxyl groups is 1. The van der Waals surface area contributed by atoms with Gasteiger partial charge in [0.15, 0.2) is 12.2 Å². The van der Waals surface area contributed by atoms with E-state index >= 15 is 0 Å². The average Bonchev–Trinajstić information content (AvgIpc) is 0.914. The zero-order chi connectivity index (χ0) is 78.9. The van der Waals surface area contributed by atoms with Crippen LogP contribution in [0.5, 0.6) is 0 Å². The number of unbranched alkanes of at least 4 members (excludes halogenated alkanes) is 31. The number of phosphoric acid groups is 2. The Morgan fingerprint density at radius 3 is 0.769 bits per heavy atom. The minimum atomic E-state index is -5.00. The number of esters is 4. The molecule has 19 heteroatoms. The van der Waals surface area contributed by atoms with Crippen LogP contribution in [0.1, 0.15) is 349 Å². The standard InChI is InChI=1S/C89H152O17P2/c1-5-9-13-17-21-25-29-33-37-39-41-43-47-50-54-58-62-66-70-74-87(92)100-80-84(105-88(93)75-71-67-63-59-55-51-46-36-32-28-24-20-16-12-8-4)81-103-107(95,96)101-77-83(90)78-102-108(97,98)104-82-85(79-99-86(91)73-69-65-61-57-53-49-45-35-31-27-23-19-15-11-7-3)106-89(94)76-72-68-64-60-56-52-48-44-42-40-38-34-30-26-22-18-14-10-6-2/h9-10,13-14,21-22,25-27,31,33-34,37-38,41-44,50,52,54,56,83-85,90H,5-8,11-12,15-20,23-24,28-30,32,35-36,39-40,45-49,51,53,55,57-82H2,1-4H3,(H,95,96)(H,97,98)/b13-9-,14-10-,25-21-,26-22-,31-27-,37-33-,38-34-,43-41-,44-42-,54-50-,56-52-/t83-,84-,85-/m1/s1. The average molecular weight is 1560 g/mol. The van der Waals surface area contributed by atoms with E-state index in [2.05, 4.69) is 161 Å². The van der Waals surface area contributed by atoms with Crippen molar-refractivity contribution in [1.29, 1.82) is 0 Å². The molecule has 0 aliphatic carbocycles. The van der Waals surface area contributed by atoms with Gasteiger partial charge in [0.05, 0.1) is 26.4 Å². The Morgan fingerprint density at radius 1 is 0.269 bits per heavy atom. The predicted molar refractivity (Wildman–Crippen MR) is 445 cm³/mol. The summed E-state index contributed by atoms with van der Waals surface area (Å²) in [5.74, 6) is -2.24. The number of hydrogen-bond acceptors (Lipinski definition) is 15. The molecule has 0 aliphatic heterocycles. The molecule has 0 aliphatic rings. The molecular weight excluding hydrogens is 1400 g/mol. The van der Waals surface area contributed by atoms with E-state index in [1.807, 2.05) is 0 Å². The fourth-order valence-electron chi connectivity index (χ4n) is 11.2. The van der Waals surface area contributed by atoms with Gasteiger partial charge < -0.3 is 33.8 Å². The summed E-state index contributed by atoms with van der Waals surface area (Å²) in [6, 6.07) is 0. The van der Waals surface area contributed by atoms with Crippen molar-refractivity contribution < 1.29 is 80.2 Å². The van der Waals surface area contributed by atoms with Gasteiger partial charge in [0.1, 0.15) is 19.3 Å². The fraction of sp³-hybridized carbons (Fsp3) is 0.708. The maximum atomic E-state index is 13.1. The third kappa shape index (κ3) is 79.3. The van der Waals surface area contributed by atoms with Gasteiger partial charge in [-0.15, -0.1) is 0 Å². The lowest BCUT2D eigenvalue weighted by Gasteiger charge is -2.21. The molecule has 0 spiro atoms. The number of phosphoric ester groups is 2. The number of carbonyl (C=O) groups is 4. The summed E-state index contributed by atoms with van der Waals surface area (Å²) in [6.07, 6.45) is 91.3. The second-order valence-corrected chi connectivity index (χ2v) is 30.9. The summed E-state index contributed by atoms with van der Waals surface area (Å²) in [5, 5.41) is 10.7. The fourth-order valence-corrected chi connectivity index (χ4v) is 12.8. The zero-order valence-electron chi connectivity index (χ0n) is 68.0. The minimum Gasteiger partial charge on any atom is -0.462 e. The van der Waals surface area contributed by atoms with E-state index in [4.69, 9.17) is 37.0 Å². The highest BCUT2D eigenvalue weighted by atomic mass is 31.2. The van der Waals surface area contributed by atoms with Crippen LogP contribution in [0.4, 0.5) is 0 Å². The molecular formula is C89H152O17P2. The number of hydrogen-bond donors (Lipinski definition) is 3. The van der Waals surface area contributed by atoms with Crippen molar-refractivity contribution in [2.24, 2.45) is 0 Å². The van der Waals surface area contributed by atoms with Gasteiger partial charge in [0.2, 0.25) is 0 Å². The predicted octanol–water partition coefficient (Wildman–Crippen LogP) is 25.2. The molecule has 2 unspecified atom stereocenters. The van der Waals surface area contributed by atoms with Crippen molar-refractivity contribution in [3.05, 3.63) is 134 Å². The maximum Gasteiger partial charge on any atom is 0.472 e. The van der Waals surface area contributed by atoms with Gasteiger partial charge in [-0.25, -0.2) is 9.13 Å². The largest absolute Gasteiger partial charge is 0.472 e. The summed E-state index contributed by atoms with van der Waals surface area (Å²) in [6.45, 7) is 4.60. The Hall–Kier alpha value is -4.80. The highest BCUT2D eigenvalue weighted by Gasteiger charge is 2.30. The molecule has 0 amide bonds. The molecule has 620 valence electrons. The normalized spacial score (nSPS) is 14.5. The molecule has 0 radical (unpaired) electrons. The number of ether oxygens (including phenoxy) is 4. The highest BCUT2D eigenvalue weighted by Crippen LogP contribution is 2.45. The lowest BCUT2D eigenvalue weighted by molar-refractivity contribution is -0.161. The molecule has 17 nitrogen and oxygen atoms in total. The van der Waals surface area contributed by atoms with Crippen LogP contribution < -0.4 is 0 Å². The molecule has 0 aromatic rings. The van der Waals surface area contributed by atoms with Gasteiger partial charge in [0.25, 0.3) is 0 Å². The number of allylic oxidation sites excluding steroid dienone is 22. The Morgan fingerprint density at radius 2 is 0.481 bits per heavy atom. The van der Waals surface area contributed by atoms with Crippen molar-refractivity contribution in [2.45, 2.75) is 367 Å². The quantitative estimate of drug-likeness (QED) is 0.0169. The number of rotatable bonds is 79. The maximum absolute atomic E-state index is 13.1. The smallest absolute Gasteiger partial charge is 0.462 e. The van der Waals surface area contributed by atoms with Gasteiger partial charge in [-0.3, -0.25) is 37.3 Å². The van der Waals surface area contributed by atoms with Crippen LogP contribution >= 0.6 is 15.6 Å². The molecule has 0 aromatic carbocycles. The summed E-state index contributed by atoms with van der Waals surface area (Å²) in [4.78, 5) is 73.2. The lowest BCUT2D eigenvalue weighted by atomic mass is 10.0. The Bertz CT molecular complexity index is 2560. The van der Waals surface area contributed by atoms with Gasteiger partial charge in [-0.1, -0.05) is 315 Å². The van der Waals surface area contributed by atoms with Crippen LogP contribution in [-0.2, 0) is 65.4 Å². The molecule has 0 saturated carbocycles. The van der Waals surface area contributed by atoms with Crippen LogP contribution in [0.25, 0.3) is 0 Å². The molecule has 0 aromatic heterocycles. The molecule has 0 fully saturated rings. The third-order valence-corrected chi connectivity index (χ3v) is 19.5. The zero-order valence-corrected chi connectivity index (χ0v) is 69.8. The SMILES string of the molecule is CC/C=C\C/C=C\C/C=C\C/C=C\C/C=C\CCCCCC(=O)OC[C@H](COP(=O)(O)OC[C@@H](O)COP(=O)(O)OC[C@@H](COC(=O)CCCCCCCCC/C=C\CCCCCC)OC(=O)CCCCC/C=C\C/C=C\C/C=C\C/C=C\C/C=C\CC)OC(=O)CCCCCCCCCCCCCCCCC. The molecule has 3 N–H and O–H groups in total. The summed E-state index contributed by atoms with van der Waals surface area (Å²) in [5.41, 5.74) is 0. The molecule has 0 heterocycles. The van der Waals surface area contributed by atoms with E-state index in [1.54, 1.807) is 0 Å². The van der Waals surface area contributed by atoms with E-state index < -0.39 is 97.5 Å². The monoisotopic (exact) mass is 1560 g/mol. The van der Waals surface area contributed by atoms with Gasteiger partial charge >= 0.3 is 39.5 Å². The first-order valence-electron chi connectivity index (χ1n) is 42.4. The van der Waals surface area contributed by atoms with Crippen molar-refractivity contribution in [2.75, 3.05) is 39.6 Å². The molecule has 0 bridgehead atoms. The first-order valence-corrected chi connectivity index (χ1v) is 45.4. The Balaban J connectivity index is 5.43. The van der Waals surface area contributed by atoms with Crippen molar-refractivity contribution >= 4 is 39.5 Å². The van der Waals surface area contributed by atoms with Crippen molar-refractivity contribution in [1.82, 2.24) is 0 Å². The van der Waals surface area contributed by atoms with E-state index in [1.165, 1.54) is 103 Å². The van der Waals surface area contributed by atoms with E-state index in [-0.39, 0.29) is 25.7 Å². The number of carbonyl (C=O) groups excluding carboxylic acids is 4. The van der Waals surface area contributed by atoms with Gasteiger partial charge in [-0.2, -0.15) is 0 Å². The Kier molecular flexibility index (Phi) is 76.7. The first-order chi connectivity index (χ1) is 52.7. The topological polar surface area (TPSA) is 237 Å². The molecule has 108 heavy (non-hydrogen) atoms. The second-order valence-electron chi connectivity index (χ2n) is 28.0. The van der Waals surface area contributed by atoms with Crippen molar-refractivity contribution in [3.8, 4) is 0 Å². The van der Waals surface area contributed by atoms with Gasteiger partial charge in [-0.05, 0) is 141 Å².